The Balaban J connectivity index is 1.51. The minimum atomic E-state index is -0.372. The van der Waals surface area contributed by atoms with Crippen LogP contribution >= 0.6 is 24.0 Å². The molecule has 158 valence electrons. The van der Waals surface area contributed by atoms with Crippen molar-refractivity contribution < 1.29 is 13.6 Å². The first kappa shape index (κ1) is 20.6. The molecule has 0 bridgehead atoms. The Kier molecular flexibility index (Phi) is 5.36. The number of thiocarbonyl (C=S) groups is 1. The molecular formula is C25H16F2N2OS2. The molecule has 2 heterocycles. The van der Waals surface area contributed by atoms with Gasteiger partial charge in [0.05, 0.1) is 10.6 Å². The number of anilines is 1. The van der Waals surface area contributed by atoms with Gasteiger partial charge in [0.25, 0.3) is 5.91 Å². The number of thioether (sulfide) groups is 1. The van der Waals surface area contributed by atoms with Crippen molar-refractivity contribution in [2.24, 2.45) is 0 Å². The normalized spacial score (nSPS) is 15.3. The zero-order valence-electron chi connectivity index (χ0n) is 16.7. The topological polar surface area (TPSA) is 25.2 Å². The van der Waals surface area contributed by atoms with Crippen LogP contribution in [0.15, 0.2) is 83.9 Å². The maximum atomic E-state index is 13.3. The lowest BCUT2D eigenvalue weighted by molar-refractivity contribution is -0.113. The van der Waals surface area contributed by atoms with Gasteiger partial charge in [-0.3, -0.25) is 9.69 Å². The highest BCUT2D eigenvalue weighted by Gasteiger charge is 2.33. The van der Waals surface area contributed by atoms with Crippen molar-refractivity contribution in [3.8, 4) is 0 Å². The van der Waals surface area contributed by atoms with E-state index in [-0.39, 0.29) is 17.5 Å². The van der Waals surface area contributed by atoms with Gasteiger partial charge in [-0.2, -0.15) is 0 Å². The standard InChI is InChI=1S/C25H16F2N2OS2/c26-18-7-5-16(6-8-18)14-28-15-17(21-3-1-2-4-22(21)28)13-23-24(30)29(25(31)32-23)20-11-9-19(27)10-12-20/h1-13,15H,14H2/b23-13+. The second-order valence-electron chi connectivity index (χ2n) is 7.35. The summed E-state index contributed by atoms with van der Waals surface area (Å²) >= 11 is 6.64. The molecular weight excluding hydrogens is 446 g/mol. The zero-order valence-corrected chi connectivity index (χ0v) is 18.3. The Hall–Kier alpha value is -3.29. The lowest BCUT2D eigenvalue weighted by Gasteiger charge is -2.14. The highest BCUT2D eigenvalue weighted by Crippen LogP contribution is 2.37. The summed E-state index contributed by atoms with van der Waals surface area (Å²) in [5.41, 5.74) is 3.41. The molecule has 0 atom stereocenters. The fraction of sp³-hybridized carbons (Fsp3) is 0.0400. The van der Waals surface area contributed by atoms with Crippen LogP contribution in [0.2, 0.25) is 0 Å². The Bertz CT molecular complexity index is 1380. The molecule has 1 amide bonds. The third kappa shape index (κ3) is 3.85. The second kappa shape index (κ2) is 8.33. The summed E-state index contributed by atoms with van der Waals surface area (Å²) in [6.07, 6.45) is 3.82. The van der Waals surface area contributed by atoms with E-state index in [2.05, 4.69) is 4.57 Å². The van der Waals surface area contributed by atoms with Crippen LogP contribution in [0.4, 0.5) is 14.5 Å². The van der Waals surface area contributed by atoms with E-state index in [1.165, 1.54) is 53.1 Å². The summed E-state index contributed by atoms with van der Waals surface area (Å²) in [7, 11) is 0. The first-order valence-corrected chi connectivity index (χ1v) is 11.1. The third-order valence-corrected chi connectivity index (χ3v) is 6.55. The number of nitrogens with zero attached hydrogens (tertiary/aromatic N) is 2. The number of hydrogen-bond donors (Lipinski definition) is 0. The van der Waals surface area contributed by atoms with Crippen molar-refractivity contribution in [1.29, 1.82) is 0 Å². The van der Waals surface area contributed by atoms with E-state index in [1.807, 2.05) is 36.5 Å². The molecule has 3 nitrogen and oxygen atoms in total. The van der Waals surface area contributed by atoms with E-state index in [0.717, 1.165) is 22.0 Å². The van der Waals surface area contributed by atoms with Crippen LogP contribution in [0, 0.1) is 11.6 Å². The lowest BCUT2D eigenvalue weighted by Crippen LogP contribution is -2.27. The average Bonchev–Trinajstić information content (AvgIpc) is 3.27. The molecule has 4 aromatic rings. The van der Waals surface area contributed by atoms with Crippen LogP contribution in [0.25, 0.3) is 17.0 Å². The van der Waals surface area contributed by atoms with E-state index in [4.69, 9.17) is 12.2 Å². The molecule has 3 aromatic carbocycles. The van der Waals surface area contributed by atoms with Gasteiger partial charge in [0.2, 0.25) is 0 Å². The number of aromatic nitrogens is 1. The fourth-order valence-corrected chi connectivity index (χ4v) is 5.02. The number of hydrogen-bond acceptors (Lipinski definition) is 3. The predicted octanol–water partition coefficient (Wildman–Crippen LogP) is 6.37. The lowest BCUT2D eigenvalue weighted by atomic mass is 10.1. The van der Waals surface area contributed by atoms with Gasteiger partial charge in [0.1, 0.15) is 11.6 Å². The van der Waals surface area contributed by atoms with Gasteiger partial charge < -0.3 is 4.57 Å². The van der Waals surface area contributed by atoms with Crippen LogP contribution in [0.1, 0.15) is 11.1 Å². The number of halogens is 2. The van der Waals surface area contributed by atoms with Crippen molar-refractivity contribution in [2.75, 3.05) is 4.90 Å². The van der Waals surface area contributed by atoms with E-state index in [1.54, 1.807) is 12.1 Å². The summed E-state index contributed by atoms with van der Waals surface area (Å²) in [5.74, 6) is -0.874. The van der Waals surface area contributed by atoms with Gasteiger partial charge in [-0.1, -0.05) is 54.3 Å². The molecule has 0 aliphatic carbocycles. The molecule has 0 spiro atoms. The first-order chi connectivity index (χ1) is 15.5. The molecule has 1 aliphatic rings. The van der Waals surface area contributed by atoms with Crippen molar-refractivity contribution >= 4 is 56.9 Å². The maximum absolute atomic E-state index is 13.3. The molecule has 1 aromatic heterocycles. The first-order valence-electron chi connectivity index (χ1n) is 9.85. The Morgan fingerprint density at radius 3 is 2.28 bits per heavy atom. The summed E-state index contributed by atoms with van der Waals surface area (Å²) < 4.78 is 29.0. The number of carbonyl (C=O) groups excluding carboxylic acids is 1. The molecule has 0 N–H and O–H groups in total. The van der Waals surface area contributed by atoms with Gasteiger partial charge in [-0.25, -0.2) is 8.78 Å². The average molecular weight is 463 g/mol. The summed E-state index contributed by atoms with van der Waals surface area (Å²) in [5, 5.41) is 1.00. The van der Waals surface area contributed by atoms with Gasteiger partial charge >= 0.3 is 0 Å². The van der Waals surface area contributed by atoms with Crippen LogP contribution in [0.5, 0.6) is 0 Å². The van der Waals surface area contributed by atoms with E-state index < -0.39 is 0 Å². The second-order valence-corrected chi connectivity index (χ2v) is 9.03. The van der Waals surface area contributed by atoms with Gasteiger partial charge in [-0.05, 0) is 54.1 Å². The number of benzene rings is 3. The highest BCUT2D eigenvalue weighted by molar-refractivity contribution is 8.27. The van der Waals surface area contributed by atoms with Crippen LogP contribution in [-0.4, -0.2) is 14.8 Å². The summed E-state index contributed by atoms with van der Waals surface area (Å²) in [4.78, 5) is 15.0. The van der Waals surface area contributed by atoms with Crippen LogP contribution in [-0.2, 0) is 11.3 Å². The predicted molar refractivity (Wildman–Crippen MR) is 129 cm³/mol. The van der Waals surface area contributed by atoms with Gasteiger partial charge in [-0.15, -0.1) is 0 Å². The molecule has 0 unspecified atom stereocenters. The number of rotatable bonds is 4. The number of carbonyl (C=O) groups is 1. The summed E-state index contributed by atoms with van der Waals surface area (Å²) in [6.45, 7) is 0.575. The van der Waals surface area contributed by atoms with Crippen molar-refractivity contribution in [1.82, 2.24) is 4.57 Å². The largest absolute Gasteiger partial charge is 0.342 e. The Labute approximate surface area is 193 Å². The molecule has 7 heteroatoms. The SMILES string of the molecule is O=C1/C(=C\c2cn(Cc3ccc(F)cc3)c3ccccc23)SC(=S)N1c1ccc(F)cc1. The fourth-order valence-electron chi connectivity index (χ4n) is 3.73. The zero-order chi connectivity index (χ0) is 22.2. The third-order valence-electron chi connectivity index (χ3n) is 5.25. The number of para-hydroxylation sites is 1. The summed E-state index contributed by atoms with van der Waals surface area (Å²) in [6, 6.07) is 20.0. The van der Waals surface area contributed by atoms with Crippen molar-refractivity contribution in [3.05, 3.63) is 107 Å². The smallest absolute Gasteiger partial charge is 0.270 e. The molecule has 0 radical (unpaired) electrons. The van der Waals surface area contributed by atoms with Crippen LogP contribution in [0.3, 0.4) is 0 Å². The molecule has 5 rings (SSSR count). The minimum absolute atomic E-state index is 0.234. The van der Waals surface area contributed by atoms with Gasteiger partial charge in [0.15, 0.2) is 4.32 Å². The molecule has 1 fully saturated rings. The van der Waals surface area contributed by atoms with E-state index in [0.29, 0.717) is 21.5 Å². The molecule has 1 saturated heterocycles. The quantitative estimate of drug-likeness (QED) is 0.260. The molecule has 32 heavy (non-hydrogen) atoms. The Morgan fingerprint density at radius 1 is 0.906 bits per heavy atom. The number of fused-ring (bicyclic) bond motifs is 1. The van der Waals surface area contributed by atoms with E-state index >= 15 is 0 Å². The minimum Gasteiger partial charge on any atom is -0.342 e. The Morgan fingerprint density at radius 2 is 1.56 bits per heavy atom. The van der Waals surface area contributed by atoms with Crippen LogP contribution < -0.4 is 4.90 Å². The van der Waals surface area contributed by atoms with Crippen molar-refractivity contribution in [2.45, 2.75) is 6.54 Å². The molecule has 0 saturated carbocycles. The van der Waals surface area contributed by atoms with Gasteiger partial charge in [0, 0.05) is 29.2 Å². The molecule has 1 aliphatic heterocycles. The maximum Gasteiger partial charge on any atom is 0.270 e. The highest BCUT2D eigenvalue weighted by atomic mass is 32.2. The number of amides is 1. The van der Waals surface area contributed by atoms with E-state index in [9.17, 15) is 13.6 Å². The monoisotopic (exact) mass is 462 g/mol. The van der Waals surface area contributed by atoms with Crippen molar-refractivity contribution in [3.63, 3.8) is 0 Å².